The standard InChI is InChI=1S/C21H23F4N5/c1-29-7-13-14(8-29)17(13)28-19-26-6-12-4-11(18(22)23)5-15(16(12)27-19)30-3-2-20(10-30)9-21(20,24)25/h4-6,13-14,17-18H,2-3,7-10H2,1H3,(H,26,27,28)/t13-,14+,17?,20?. The van der Waals surface area contributed by atoms with Crippen LogP contribution in [0.1, 0.15) is 24.8 Å². The average Bonchev–Trinajstić information content (AvgIpc) is 3.25. The SMILES string of the molecule is CN1C[C@@H]2C(Nc3ncc4cc(C(F)F)cc(N5CCC6(C5)CC6(F)F)c4n3)[C@@H]2C1. The predicted octanol–water partition coefficient (Wildman–Crippen LogP) is 3.77. The Morgan fingerprint density at radius 3 is 2.57 bits per heavy atom. The summed E-state index contributed by atoms with van der Waals surface area (Å²) < 4.78 is 54.7. The van der Waals surface area contributed by atoms with Gasteiger partial charge in [-0.1, -0.05) is 0 Å². The minimum Gasteiger partial charge on any atom is -0.369 e. The highest BCUT2D eigenvalue weighted by Gasteiger charge is 2.72. The van der Waals surface area contributed by atoms with Crippen LogP contribution in [0.3, 0.4) is 0 Å². The molecule has 30 heavy (non-hydrogen) atoms. The molecule has 0 amide bonds. The highest BCUT2D eigenvalue weighted by atomic mass is 19.3. The van der Waals surface area contributed by atoms with Gasteiger partial charge >= 0.3 is 0 Å². The number of hydrogen-bond acceptors (Lipinski definition) is 5. The van der Waals surface area contributed by atoms with E-state index in [0.29, 0.717) is 53.4 Å². The van der Waals surface area contributed by atoms with Gasteiger partial charge in [0.25, 0.3) is 12.3 Å². The number of fused-ring (bicyclic) bond motifs is 2. The van der Waals surface area contributed by atoms with Crippen LogP contribution in [0.5, 0.6) is 0 Å². The minimum absolute atomic E-state index is 0.121. The quantitative estimate of drug-likeness (QED) is 0.762. The zero-order valence-electron chi connectivity index (χ0n) is 16.6. The molecule has 2 aromatic rings. The Balaban J connectivity index is 1.33. The molecule has 160 valence electrons. The van der Waals surface area contributed by atoms with Crippen LogP contribution in [0.15, 0.2) is 18.3 Å². The van der Waals surface area contributed by atoms with Crippen LogP contribution < -0.4 is 10.2 Å². The molecule has 2 unspecified atom stereocenters. The van der Waals surface area contributed by atoms with Crippen LogP contribution in [0.4, 0.5) is 29.2 Å². The Bertz CT molecular complexity index is 1020. The monoisotopic (exact) mass is 421 g/mol. The maximum Gasteiger partial charge on any atom is 0.263 e. The fourth-order valence-electron chi connectivity index (χ4n) is 5.59. The lowest BCUT2D eigenvalue weighted by molar-refractivity contribution is 0.0711. The van der Waals surface area contributed by atoms with Crippen molar-refractivity contribution in [2.45, 2.75) is 31.2 Å². The zero-order chi connectivity index (χ0) is 20.8. The number of alkyl halides is 4. The first kappa shape index (κ1) is 18.6. The molecule has 4 fully saturated rings. The van der Waals surface area contributed by atoms with Gasteiger partial charge in [0.2, 0.25) is 5.95 Å². The fourth-order valence-corrected chi connectivity index (χ4v) is 5.59. The number of likely N-dealkylation sites (tertiary alicyclic amines) is 1. The average molecular weight is 421 g/mol. The Kier molecular flexibility index (Phi) is 3.69. The lowest BCUT2D eigenvalue weighted by Gasteiger charge is -2.22. The number of nitrogens with one attached hydrogen (secondary N) is 1. The smallest absolute Gasteiger partial charge is 0.263 e. The first-order valence-electron chi connectivity index (χ1n) is 10.4. The summed E-state index contributed by atoms with van der Waals surface area (Å²) in [4.78, 5) is 13.1. The Labute approximate surface area is 171 Å². The van der Waals surface area contributed by atoms with E-state index in [-0.39, 0.29) is 18.5 Å². The number of hydrogen-bond donors (Lipinski definition) is 1. The van der Waals surface area contributed by atoms with Crippen molar-refractivity contribution in [2.75, 3.05) is 43.4 Å². The lowest BCUT2D eigenvalue weighted by Crippen LogP contribution is -2.25. The highest BCUT2D eigenvalue weighted by Crippen LogP contribution is 2.65. The van der Waals surface area contributed by atoms with Crippen molar-refractivity contribution < 1.29 is 17.6 Å². The third kappa shape index (κ3) is 2.70. The van der Waals surface area contributed by atoms with Gasteiger partial charge in [-0.2, -0.15) is 0 Å². The van der Waals surface area contributed by atoms with Gasteiger partial charge in [0.1, 0.15) is 0 Å². The molecule has 2 saturated carbocycles. The fraction of sp³-hybridized carbons (Fsp3) is 0.619. The molecule has 4 atom stereocenters. The maximum absolute atomic E-state index is 13.9. The molecule has 0 bridgehead atoms. The highest BCUT2D eigenvalue weighted by molar-refractivity contribution is 5.92. The van der Waals surface area contributed by atoms with Crippen molar-refractivity contribution in [3.63, 3.8) is 0 Å². The van der Waals surface area contributed by atoms with E-state index in [0.717, 1.165) is 13.1 Å². The Morgan fingerprint density at radius 2 is 1.93 bits per heavy atom. The molecular weight excluding hydrogens is 398 g/mol. The van der Waals surface area contributed by atoms with Crippen molar-refractivity contribution >= 4 is 22.5 Å². The van der Waals surface area contributed by atoms with Crippen molar-refractivity contribution in [2.24, 2.45) is 17.3 Å². The summed E-state index contributed by atoms with van der Waals surface area (Å²) >= 11 is 0. The Hall–Kier alpha value is -2.16. The molecule has 2 aliphatic heterocycles. The molecular formula is C21H23F4N5. The summed E-state index contributed by atoms with van der Waals surface area (Å²) in [6, 6.07) is 3.14. The van der Waals surface area contributed by atoms with Gasteiger partial charge in [-0.25, -0.2) is 27.5 Å². The summed E-state index contributed by atoms with van der Waals surface area (Å²) in [5.74, 6) is -1.01. The second-order valence-corrected chi connectivity index (χ2v) is 9.52. The first-order chi connectivity index (χ1) is 14.3. The molecule has 1 aromatic carbocycles. The molecule has 4 aliphatic rings. The van der Waals surface area contributed by atoms with E-state index in [4.69, 9.17) is 0 Å². The van der Waals surface area contributed by atoms with E-state index in [9.17, 15) is 17.6 Å². The minimum atomic E-state index is -2.66. The molecule has 0 radical (unpaired) electrons. The summed E-state index contributed by atoms with van der Waals surface area (Å²) in [5.41, 5.74) is -0.0966. The summed E-state index contributed by atoms with van der Waals surface area (Å²) in [6.45, 7) is 2.68. The van der Waals surface area contributed by atoms with Crippen molar-refractivity contribution in [3.05, 3.63) is 23.9 Å². The largest absolute Gasteiger partial charge is 0.369 e. The van der Waals surface area contributed by atoms with Gasteiger partial charge in [0.15, 0.2) is 0 Å². The lowest BCUT2D eigenvalue weighted by atomic mass is 10.1. The number of aromatic nitrogens is 2. The van der Waals surface area contributed by atoms with Crippen LogP contribution in [-0.4, -0.2) is 60.1 Å². The molecule has 2 aliphatic carbocycles. The number of benzene rings is 1. The van der Waals surface area contributed by atoms with E-state index in [2.05, 4.69) is 27.2 Å². The topological polar surface area (TPSA) is 44.3 Å². The van der Waals surface area contributed by atoms with Gasteiger partial charge in [-0.15, -0.1) is 0 Å². The maximum atomic E-state index is 13.9. The van der Waals surface area contributed by atoms with Gasteiger partial charge in [0.05, 0.1) is 16.6 Å². The second-order valence-electron chi connectivity index (χ2n) is 9.52. The number of nitrogens with zero attached hydrogens (tertiary/aromatic N) is 4. The van der Waals surface area contributed by atoms with Crippen LogP contribution in [-0.2, 0) is 0 Å². The number of halogens is 4. The summed E-state index contributed by atoms with van der Waals surface area (Å²) in [7, 11) is 2.11. The van der Waals surface area contributed by atoms with E-state index in [1.165, 1.54) is 12.1 Å². The summed E-state index contributed by atoms with van der Waals surface area (Å²) in [6.07, 6.45) is -0.839. The number of piperidine rings is 1. The number of anilines is 2. The van der Waals surface area contributed by atoms with Gasteiger partial charge < -0.3 is 15.1 Å². The first-order valence-corrected chi connectivity index (χ1v) is 10.4. The summed E-state index contributed by atoms with van der Waals surface area (Å²) in [5, 5.41) is 3.90. The number of rotatable bonds is 4. The van der Waals surface area contributed by atoms with Gasteiger partial charge in [-0.3, -0.25) is 0 Å². The van der Waals surface area contributed by atoms with E-state index in [1.54, 1.807) is 11.1 Å². The van der Waals surface area contributed by atoms with Crippen molar-refractivity contribution in [1.82, 2.24) is 14.9 Å². The van der Waals surface area contributed by atoms with Gasteiger partial charge in [-0.05, 0) is 37.4 Å². The molecule has 9 heteroatoms. The molecule has 1 aromatic heterocycles. The normalized spacial score (nSPS) is 34.2. The zero-order valence-corrected chi connectivity index (χ0v) is 16.6. The predicted molar refractivity (Wildman–Crippen MR) is 105 cm³/mol. The molecule has 6 rings (SSSR count). The third-order valence-electron chi connectivity index (χ3n) is 7.52. The van der Waals surface area contributed by atoms with Crippen LogP contribution in [0.25, 0.3) is 10.9 Å². The van der Waals surface area contributed by atoms with E-state index < -0.39 is 17.8 Å². The van der Waals surface area contributed by atoms with E-state index in [1.807, 2.05) is 0 Å². The third-order valence-corrected chi connectivity index (χ3v) is 7.52. The molecule has 1 spiro atoms. The van der Waals surface area contributed by atoms with E-state index >= 15 is 0 Å². The van der Waals surface area contributed by atoms with Crippen LogP contribution in [0, 0.1) is 17.3 Å². The molecule has 5 nitrogen and oxygen atoms in total. The van der Waals surface area contributed by atoms with Crippen LogP contribution in [0.2, 0.25) is 0 Å². The van der Waals surface area contributed by atoms with Crippen molar-refractivity contribution in [3.8, 4) is 0 Å². The molecule has 2 saturated heterocycles. The Morgan fingerprint density at radius 1 is 1.20 bits per heavy atom. The molecule has 3 heterocycles. The van der Waals surface area contributed by atoms with Crippen LogP contribution >= 0.6 is 0 Å². The molecule has 1 N–H and O–H groups in total. The van der Waals surface area contributed by atoms with Crippen molar-refractivity contribution in [1.29, 1.82) is 0 Å². The second kappa shape index (κ2) is 5.96. The van der Waals surface area contributed by atoms with Gasteiger partial charge in [0, 0.05) is 55.8 Å².